The average Bonchev–Trinajstić information content (AvgIpc) is 2.70. The van der Waals surface area contributed by atoms with Crippen molar-refractivity contribution in [1.29, 1.82) is 0 Å². The molecule has 0 aliphatic heterocycles. The molecule has 9 heteroatoms. The Morgan fingerprint density at radius 3 is 2.25 bits per heavy atom. The van der Waals surface area contributed by atoms with Crippen molar-refractivity contribution in [2.75, 3.05) is 20.3 Å². The zero-order valence-electron chi connectivity index (χ0n) is 14.9. The van der Waals surface area contributed by atoms with E-state index in [1.54, 1.807) is 18.2 Å². The standard InChI is InChI=1S/C19H17FN2O6/c1-27-15-9-5-3-7-13(15)19(26)22-16(23)11-28-17(24)10-21-18(25)12-6-2-4-8-14(12)20/h2-9H,10-11H2,1H3,(H,21,25)(H,22,23,26). The Morgan fingerprint density at radius 1 is 0.929 bits per heavy atom. The Bertz CT molecular complexity index is 899. The van der Waals surface area contributed by atoms with Gasteiger partial charge in [0.25, 0.3) is 17.7 Å². The number of halogens is 1. The maximum Gasteiger partial charge on any atom is 0.325 e. The summed E-state index contributed by atoms with van der Waals surface area (Å²) in [5, 5.41) is 4.23. The van der Waals surface area contributed by atoms with E-state index >= 15 is 0 Å². The van der Waals surface area contributed by atoms with Gasteiger partial charge < -0.3 is 14.8 Å². The molecule has 0 spiro atoms. The fraction of sp³-hybridized carbons (Fsp3) is 0.158. The van der Waals surface area contributed by atoms with Gasteiger partial charge in [-0.15, -0.1) is 0 Å². The Kier molecular flexibility index (Phi) is 7.21. The highest BCUT2D eigenvalue weighted by Crippen LogP contribution is 2.16. The molecule has 2 aromatic rings. The van der Waals surface area contributed by atoms with Gasteiger partial charge in [-0.25, -0.2) is 4.39 Å². The number of para-hydroxylation sites is 1. The Labute approximate surface area is 159 Å². The van der Waals surface area contributed by atoms with Crippen LogP contribution in [0, 0.1) is 5.82 Å². The smallest absolute Gasteiger partial charge is 0.325 e. The van der Waals surface area contributed by atoms with E-state index in [1.165, 1.54) is 31.4 Å². The van der Waals surface area contributed by atoms with Crippen LogP contribution in [0.2, 0.25) is 0 Å². The van der Waals surface area contributed by atoms with Gasteiger partial charge in [0.15, 0.2) is 6.61 Å². The largest absolute Gasteiger partial charge is 0.496 e. The number of benzene rings is 2. The number of methoxy groups -OCH3 is 1. The number of esters is 1. The van der Waals surface area contributed by atoms with E-state index in [-0.39, 0.29) is 16.9 Å². The summed E-state index contributed by atoms with van der Waals surface area (Å²) in [4.78, 5) is 47.2. The van der Waals surface area contributed by atoms with Crippen molar-refractivity contribution >= 4 is 23.7 Å². The van der Waals surface area contributed by atoms with Gasteiger partial charge in [-0.1, -0.05) is 24.3 Å². The van der Waals surface area contributed by atoms with Crippen LogP contribution in [0.25, 0.3) is 0 Å². The molecule has 28 heavy (non-hydrogen) atoms. The van der Waals surface area contributed by atoms with Crippen LogP contribution >= 0.6 is 0 Å². The first-order chi connectivity index (χ1) is 13.4. The van der Waals surface area contributed by atoms with Crippen molar-refractivity contribution in [2.45, 2.75) is 0 Å². The SMILES string of the molecule is COc1ccccc1C(=O)NC(=O)COC(=O)CNC(=O)c1ccccc1F. The number of hydrogen-bond donors (Lipinski definition) is 2. The Balaban J connectivity index is 1.78. The van der Waals surface area contributed by atoms with Crippen molar-refractivity contribution in [3.63, 3.8) is 0 Å². The number of rotatable bonds is 7. The Morgan fingerprint density at radius 2 is 1.57 bits per heavy atom. The number of imide groups is 1. The van der Waals surface area contributed by atoms with Crippen molar-refractivity contribution < 1.29 is 33.0 Å². The third kappa shape index (κ3) is 5.63. The van der Waals surface area contributed by atoms with Crippen LogP contribution in [0.15, 0.2) is 48.5 Å². The lowest BCUT2D eigenvalue weighted by molar-refractivity contribution is -0.147. The lowest BCUT2D eigenvalue weighted by Gasteiger charge is -2.09. The molecule has 0 radical (unpaired) electrons. The zero-order valence-corrected chi connectivity index (χ0v) is 14.9. The van der Waals surface area contributed by atoms with E-state index in [9.17, 15) is 23.6 Å². The molecule has 0 heterocycles. The highest BCUT2D eigenvalue weighted by Gasteiger charge is 2.17. The van der Waals surface area contributed by atoms with Crippen LogP contribution in [0.4, 0.5) is 4.39 Å². The minimum Gasteiger partial charge on any atom is -0.496 e. The number of ether oxygens (including phenoxy) is 2. The summed E-state index contributed by atoms with van der Waals surface area (Å²) in [7, 11) is 1.38. The van der Waals surface area contributed by atoms with Crippen LogP contribution in [0.5, 0.6) is 5.75 Å². The number of hydrogen-bond acceptors (Lipinski definition) is 6. The maximum atomic E-state index is 13.5. The summed E-state index contributed by atoms with van der Waals surface area (Å²) in [6.07, 6.45) is 0. The highest BCUT2D eigenvalue weighted by molar-refractivity contribution is 6.06. The van der Waals surface area contributed by atoms with Crippen molar-refractivity contribution in [3.8, 4) is 5.75 Å². The van der Waals surface area contributed by atoms with E-state index in [0.717, 1.165) is 6.07 Å². The molecule has 3 amide bonds. The molecule has 0 atom stereocenters. The molecule has 0 bridgehead atoms. The minimum absolute atomic E-state index is 0.141. The number of carbonyl (C=O) groups excluding carboxylic acids is 4. The third-order valence-electron chi connectivity index (χ3n) is 3.48. The van der Waals surface area contributed by atoms with Crippen LogP contribution < -0.4 is 15.4 Å². The van der Waals surface area contributed by atoms with Crippen LogP contribution in [0.3, 0.4) is 0 Å². The van der Waals surface area contributed by atoms with Gasteiger partial charge in [-0.05, 0) is 24.3 Å². The normalized spacial score (nSPS) is 9.93. The summed E-state index contributed by atoms with van der Waals surface area (Å²) in [5.41, 5.74) is -0.0859. The molecule has 0 aliphatic rings. The molecular formula is C19H17FN2O6. The summed E-state index contributed by atoms with van der Waals surface area (Å²) >= 11 is 0. The van der Waals surface area contributed by atoms with E-state index in [0.29, 0.717) is 0 Å². The van der Waals surface area contributed by atoms with E-state index < -0.39 is 42.7 Å². The van der Waals surface area contributed by atoms with Crippen LogP contribution in [-0.2, 0) is 14.3 Å². The minimum atomic E-state index is -0.926. The van der Waals surface area contributed by atoms with Crippen LogP contribution in [0.1, 0.15) is 20.7 Å². The fourth-order valence-electron chi connectivity index (χ4n) is 2.15. The molecule has 2 aromatic carbocycles. The second kappa shape index (κ2) is 9.81. The first kappa shape index (κ1) is 20.6. The molecule has 8 nitrogen and oxygen atoms in total. The summed E-state index contributed by atoms with van der Waals surface area (Å²) < 4.78 is 23.2. The van der Waals surface area contributed by atoms with Gasteiger partial charge in [0.05, 0.1) is 18.2 Å². The molecule has 0 unspecified atom stereocenters. The molecule has 2 rings (SSSR count). The van der Waals surface area contributed by atoms with Gasteiger partial charge in [0.2, 0.25) is 0 Å². The topological polar surface area (TPSA) is 111 Å². The lowest BCUT2D eigenvalue weighted by atomic mass is 10.2. The fourth-order valence-corrected chi connectivity index (χ4v) is 2.15. The highest BCUT2D eigenvalue weighted by atomic mass is 19.1. The van der Waals surface area contributed by atoms with Crippen molar-refractivity contribution in [3.05, 3.63) is 65.5 Å². The monoisotopic (exact) mass is 388 g/mol. The first-order valence-electron chi connectivity index (χ1n) is 8.08. The predicted octanol–water partition coefficient (Wildman–Crippen LogP) is 1.06. The molecule has 0 saturated heterocycles. The molecule has 0 fully saturated rings. The second-order valence-corrected chi connectivity index (χ2v) is 5.40. The van der Waals surface area contributed by atoms with E-state index in [4.69, 9.17) is 4.74 Å². The zero-order chi connectivity index (χ0) is 20.5. The van der Waals surface area contributed by atoms with Gasteiger partial charge in [0.1, 0.15) is 18.1 Å². The molecule has 0 aliphatic carbocycles. The quantitative estimate of drug-likeness (QED) is 0.687. The predicted molar refractivity (Wildman–Crippen MR) is 95.2 cm³/mol. The van der Waals surface area contributed by atoms with Crippen molar-refractivity contribution in [1.82, 2.24) is 10.6 Å². The Hall–Kier alpha value is -3.75. The molecule has 2 N–H and O–H groups in total. The van der Waals surface area contributed by atoms with E-state index in [2.05, 4.69) is 15.4 Å². The van der Waals surface area contributed by atoms with Gasteiger partial charge in [0, 0.05) is 0 Å². The summed E-state index contributed by atoms with van der Waals surface area (Å²) in [6.45, 7) is -1.30. The summed E-state index contributed by atoms with van der Waals surface area (Å²) in [5.74, 6) is -3.75. The molecular weight excluding hydrogens is 371 g/mol. The summed E-state index contributed by atoms with van der Waals surface area (Å²) in [6, 6.07) is 11.5. The first-order valence-corrected chi connectivity index (χ1v) is 8.08. The maximum absolute atomic E-state index is 13.5. The number of amides is 3. The number of nitrogens with one attached hydrogen (secondary N) is 2. The van der Waals surface area contributed by atoms with Gasteiger partial charge in [-0.3, -0.25) is 24.5 Å². The third-order valence-corrected chi connectivity index (χ3v) is 3.48. The second-order valence-electron chi connectivity index (χ2n) is 5.40. The van der Waals surface area contributed by atoms with Gasteiger partial charge in [-0.2, -0.15) is 0 Å². The number of carbonyl (C=O) groups is 4. The average molecular weight is 388 g/mol. The lowest BCUT2D eigenvalue weighted by Crippen LogP contribution is -2.36. The van der Waals surface area contributed by atoms with Gasteiger partial charge >= 0.3 is 5.97 Å². The van der Waals surface area contributed by atoms with Crippen molar-refractivity contribution in [2.24, 2.45) is 0 Å². The van der Waals surface area contributed by atoms with E-state index in [1.807, 2.05) is 0 Å². The molecule has 0 saturated carbocycles. The molecule has 146 valence electrons. The molecule has 0 aromatic heterocycles. The van der Waals surface area contributed by atoms with Crippen LogP contribution in [-0.4, -0.2) is 44.0 Å².